The molecule has 4 heteroatoms. The lowest BCUT2D eigenvalue weighted by Crippen LogP contribution is -2.01. The Kier molecular flexibility index (Phi) is 3.69. The van der Waals surface area contributed by atoms with E-state index in [9.17, 15) is 13.9 Å². The van der Waals surface area contributed by atoms with Crippen molar-refractivity contribution in [1.29, 1.82) is 0 Å². The van der Waals surface area contributed by atoms with Gasteiger partial charge in [-0.25, -0.2) is 4.39 Å². The summed E-state index contributed by atoms with van der Waals surface area (Å²) in [4.78, 5) is 0. The van der Waals surface area contributed by atoms with E-state index in [1.165, 1.54) is 25.1 Å². The van der Waals surface area contributed by atoms with Gasteiger partial charge in [-0.3, -0.25) is 0 Å². The molecule has 0 bridgehead atoms. The zero-order chi connectivity index (χ0) is 14.0. The van der Waals surface area contributed by atoms with Gasteiger partial charge in [0.1, 0.15) is 12.4 Å². The van der Waals surface area contributed by atoms with Crippen LogP contribution in [0.5, 0.6) is 11.5 Å². The van der Waals surface area contributed by atoms with Gasteiger partial charge in [0, 0.05) is 0 Å². The van der Waals surface area contributed by atoms with Crippen LogP contribution in [0.25, 0.3) is 0 Å². The first-order valence-corrected chi connectivity index (χ1v) is 5.85. The molecule has 0 saturated heterocycles. The van der Waals surface area contributed by atoms with Crippen LogP contribution in [-0.4, -0.2) is 5.11 Å². The van der Waals surface area contributed by atoms with Crippen molar-refractivity contribution in [2.24, 2.45) is 0 Å². The van der Waals surface area contributed by atoms with Crippen molar-refractivity contribution in [3.05, 3.63) is 58.7 Å². The molecule has 19 heavy (non-hydrogen) atoms. The lowest BCUT2D eigenvalue weighted by molar-refractivity contribution is 0.283. The Balaban J connectivity index is 2.17. The van der Waals surface area contributed by atoms with Gasteiger partial charge in [-0.1, -0.05) is 12.1 Å². The minimum Gasteiger partial charge on any atom is -0.508 e. The molecule has 0 radical (unpaired) electrons. The molecule has 1 N–H and O–H groups in total. The highest BCUT2D eigenvalue weighted by Crippen LogP contribution is 2.24. The maximum Gasteiger partial charge on any atom is 0.200 e. The highest BCUT2D eigenvalue weighted by molar-refractivity contribution is 5.35. The molecule has 0 spiro atoms. The summed E-state index contributed by atoms with van der Waals surface area (Å²) in [5, 5.41) is 9.28. The van der Waals surface area contributed by atoms with Crippen LogP contribution in [-0.2, 0) is 6.61 Å². The van der Waals surface area contributed by atoms with E-state index < -0.39 is 11.6 Å². The quantitative estimate of drug-likeness (QED) is 0.912. The molecule has 0 saturated carbocycles. The van der Waals surface area contributed by atoms with Crippen LogP contribution in [0.2, 0.25) is 0 Å². The number of halogens is 2. The van der Waals surface area contributed by atoms with Gasteiger partial charge >= 0.3 is 0 Å². The number of hydrogen-bond acceptors (Lipinski definition) is 2. The van der Waals surface area contributed by atoms with Gasteiger partial charge in [0.05, 0.1) is 0 Å². The van der Waals surface area contributed by atoms with Crippen molar-refractivity contribution in [1.82, 2.24) is 0 Å². The maximum absolute atomic E-state index is 13.6. The number of phenolic OH excluding ortho intramolecular Hbond substituents is 1. The summed E-state index contributed by atoms with van der Waals surface area (Å²) in [5.41, 5.74) is 1.87. The maximum atomic E-state index is 13.6. The first-order chi connectivity index (χ1) is 8.99. The number of phenols is 1. The summed E-state index contributed by atoms with van der Waals surface area (Å²) in [6, 6.07) is 7.68. The molecular weight excluding hydrogens is 250 g/mol. The largest absolute Gasteiger partial charge is 0.508 e. The molecule has 0 aliphatic carbocycles. The van der Waals surface area contributed by atoms with Gasteiger partial charge in [-0.05, 0) is 48.7 Å². The molecule has 0 heterocycles. The first-order valence-electron chi connectivity index (χ1n) is 5.85. The Morgan fingerprint density at radius 3 is 2.42 bits per heavy atom. The molecule has 0 aliphatic heterocycles. The Labute approximate surface area is 110 Å². The summed E-state index contributed by atoms with van der Waals surface area (Å²) in [7, 11) is 0. The number of aromatic hydroxyl groups is 1. The van der Waals surface area contributed by atoms with Crippen molar-refractivity contribution >= 4 is 0 Å². The highest BCUT2D eigenvalue weighted by Gasteiger charge is 2.12. The predicted molar refractivity (Wildman–Crippen MR) is 68.3 cm³/mol. The number of benzene rings is 2. The van der Waals surface area contributed by atoms with Crippen molar-refractivity contribution in [3.63, 3.8) is 0 Å². The van der Waals surface area contributed by atoms with E-state index in [1.54, 1.807) is 12.1 Å². The average molecular weight is 264 g/mol. The normalized spacial score (nSPS) is 10.5. The molecule has 0 unspecified atom stereocenters. The number of rotatable bonds is 3. The summed E-state index contributed by atoms with van der Waals surface area (Å²) in [6.45, 7) is 3.42. The van der Waals surface area contributed by atoms with E-state index in [1.807, 2.05) is 6.92 Å². The van der Waals surface area contributed by atoms with E-state index in [2.05, 4.69) is 0 Å². The third-order valence-corrected chi connectivity index (χ3v) is 2.95. The van der Waals surface area contributed by atoms with Crippen LogP contribution in [0, 0.1) is 25.5 Å². The predicted octanol–water partition coefficient (Wildman–Crippen LogP) is 3.87. The Hall–Kier alpha value is -2.10. The Morgan fingerprint density at radius 1 is 1.00 bits per heavy atom. The van der Waals surface area contributed by atoms with Crippen LogP contribution in [0.15, 0.2) is 30.3 Å². The van der Waals surface area contributed by atoms with Gasteiger partial charge in [0.15, 0.2) is 11.6 Å². The molecule has 2 aromatic carbocycles. The zero-order valence-electron chi connectivity index (χ0n) is 10.7. The average Bonchev–Trinajstić information content (AvgIpc) is 2.37. The Bertz CT molecular complexity index is 609. The first kappa shape index (κ1) is 13.3. The molecule has 2 aromatic rings. The molecule has 2 rings (SSSR count). The second-order valence-electron chi connectivity index (χ2n) is 4.41. The molecule has 0 fully saturated rings. The molecule has 0 aromatic heterocycles. The van der Waals surface area contributed by atoms with Crippen LogP contribution in [0.3, 0.4) is 0 Å². The molecule has 2 nitrogen and oxygen atoms in total. The summed E-state index contributed by atoms with van der Waals surface area (Å²) in [5.74, 6) is -1.82. The van der Waals surface area contributed by atoms with Gasteiger partial charge in [-0.2, -0.15) is 4.39 Å². The summed E-state index contributed by atoms with van der Waals surface area (Å²) >= 11 is 0. The minimum atomic E-state index is -0.976. The second-order valence-corrected chi connectivity index (χ2v) is 4.41. The number of ether oxygens (including phenoxy) is 1. The van der Waals surface area contributed by atoms with E-state index in [4.69, 9.17) is 4.74 Å². The van der Waals surface area contributed by atoms with Gasteiger partial charge in [-0.15, -0.1) is 0 Å². The zero-order valence-corrected chi connectivity index (χ0v) is 10.7. The minimum absolute atomic E-state index is 0.115. The standard InChI is InChI=1S/C15H14F2O2/c1-9-3-6-13(15(17)14(9)16)19-8-11-4-5-12(18)7-10(11)2/h3-7,18H,8H2,1-2H3. The lowest BCUT2D eigenvalue weighted by atomic mass is 10.1. The van der Waals surface area contributed by atoms with E-state index in [-0.39, 0.29) is 23.7 Å². The van der Waals surface area contributed by atoms with Crippen molar-refractivity contribution in [3.8, 4) is 11.5 Å². The smallest absolute Gasteiger partial charge is 0.200 e. The lowest BCUT2D eigenvalue weighted by Gasteiger charge is -2.10. The number of aryl methyl sites for hydroxylation is 2. The van der Waals surface area contributed by atoms with E-state index in [0.717, 1.165) is 11.1 Å². The third kappa shape index (κ3) is 2.84. The topological polar surface area (TPSA) is 29.5 Å². The van der Waals surface area contributed by atoms with E-state index >= 15 is 0 Å². The second kappa shape index (κ2) is 5.26. The SMILES string of the molecule is Cc1cc(O)ccc1COc1ccc(C)c(F)c1F. The van der Waals surface area contributed by atoms with Crippen molar-refractivity contribution < 1.29 is 18.6 Å². The fourth-order valence-electron chi connectivity index (χ4n) is 1.74. The van der Waals surface area contributed by atoms with Crippen LogP contribution in [0.1, 0.15) is 16.7 Å². The Morgan fingerprint density at radius 2 is 1.74 bits per heavy atom. The molecule has 100 valence electrons. The van der Waals surface area contributed by atoms with Crippen molar-refractivity contribution in [2.75, 3.05) is 0 Å². The van der Waals surface area contributed by atoms with Gasteiger partial charge in [0.25, 0.3) is 0 Å². The van der Waals surface area contributed by atoms with Crippen molar-refractivity contribution in [2.45, 2.75) is 20.5 Å². The van der Waals surface area contributed by atoms with E-state index in [0.29, 0.717) is 0 Å². The van der Waals surface area contributed by atoms with Crippen LogP contribution < -0.4 is 4.74 Å². The molecule has 0 amide bonds. The third-order valence-electron chi connectivity index (χ3n) is 2.95. The summed E-state index contributed by atoms with van der Waals surface area (Å²) < 4.78 is 32.2. The molecular formula is C15H14F2O2. The fraction of sp³-hybridized carbons (Fsp3) is 0.200. The summed E-state index contributed by atoms with van der Waals surface area (Å²) in [6.07, 6.45) is 0. The molecule has 0 aliphatic rings. The monoisotopic (exact) mass is 264 g/mol. The fourth-order valence-corrected chi connectivity index (χ4v) is 1.74. The number of hydrogen-bond donors (Lipinski definition) is 1. The van der Waals surface area contributed by atoms with Gasteiger partial charge in [0.2, 0.25) is 5.82 Å². The highest BCUT2D eigenvalue weighted by atomic mass is 19.2. The molecule has 0 atom stereocenters. The van der Waals surface area contributed by atoms with Crippen LogP contribution in [0.4, 0.5) is 8.78 Å². The van der Waals surface area contributed by atoms with Gasteiger partial charge < -0.3 is 9.84 Å². The van der Waals surface area contributed by atoms with Crippen LogP contribution >= 0.6 is 0 Å².